The van der Waals surface area contributed by atoms with Crippen molar-refractivity contribution >= 4 is 21.6 Å². The molecule has 0 fully saturated rings. The minimum atomic E-state index is -0.248. The molecular weight excluding hydrogens is 421 g/mol. The first-order chi connectivity index (χ1) is 13.5. The van der Waals surface area contributed by atoms with Gasteiger partial charge in [-0.15, -0.1) is 0 Å². The Labute approximate surface area is 173 Å². The predicted molar refractivity (Wildman–Crippen MR) is 115 cm³/mol. The van der Waals surface area contributed by atoms with Crippen molar-refractivity contribution in [2.24, 2.45) is 0 Å². The van der Waals surface area contributed by atoms with Crippen LogP contribution in [-0.4, -0.2) is 6.61 Å². The van der Waals surface area contributed by atoms with Gasteiger partial charge in [0.2, 0.25) is 0 Å². The molecule has 3 aromatic carbocycles. The van der Waals surface area contributed by atoms with Crippen molar-refractivity contribution in [3.63, 3.8) is 0 Å². The number of hydrogen-bond donors (Lipinski definition) is 1. The van der Waals surface area contributed by atoms with E-state index < -0.39 is 0 Å². The van der Waals surface area contributed by atoms with Crippen molar-refractivity contribution in [3.8, 4) is 11.5 Å². The summed E-state index contributed by atoms with van der Waals surface area (Å²) in [5, 5.41) is 3.28. The first-order valence-corrected chi connectivity index (χ1v) is 9.97. The lowest BCUT2D eigenvalue weighted by molar-refractivity contribution is 0.267. The van der Waals surface area contributed by atoms with Crippen LogP contribution in [0.5, 0.6) is 11.5 Å². The number of benzene rings is 3. The van der Waals surface area contributed by atoms with Gasteiger partial charge in [0.1, 0.15) is 12.4 Å². The maximum Gasteiger partial charge on any atom is 0.175 e. The molecule has 3 nitrogen and oxygen atoms in total. The molecule has 3 aromatic rings. The zero-order chi connectivity index (χ0) is 19.9. The summed E-state index contributed by atoms with van der Waals surface area (Å²) in [5.74, 6) is 1.14. The topological polar surface area (TPSA) is 30.5 Å². The molecule has 0 heterocycles. The third-order valence-electron chi connectivity index (χ3n) is 4.18. The van der Waals surface area contributed by atoms with Crippen molar-refractivity contribution in [2.75, 3.05) is 11.9 Å². The van der Waals surface area contributed by atoms with Crippen LogP contribution in [0.15, 0.2) is 65.1 Å². The van der Waals surface area contributed by atoms with Crippen LogP contribution in [0.3, 0.4) is 0 Å². The van der Waals surface area contributed by atoms with Gasteiger partial charge in [-0.3, -0.25) is 0 Å². The molecule has 3 rings (SSSR count). The first-order valence-electron chi connectivity index (χ1n) is 9.18. The SMILES string of the molecule is CCOc1cc(CNc2ccc(F)cc2)cc(Br)c1OCc1cccc(C)c1. The standard InChI is InChI=1S/C23H23BrFNO2/c1-3-27-22-13-18(14-26-20-9-7-19(25)8-10-20)12-21(24)23(22)28-15-17-6-4-5-16(2)11-17/h4-13,26H,3,14-15H2,1-2H3. The van der Waals surface area contributed by atoms with Gasteiger partial charge < -0.3 is 14.8 Å². The zero-order valence-electron chi connectivity index (χ0n) is 16.0. The summed E-state index contributed by atoms with van der Waals surface area (Å²) in [6, 6.07) is 18.5. The molecule has 0 atom stereocenters. The highest BCUT2D eigenvalue weighted by atomic mass is 79.9. The highest BCUT2D eigenvalue weighted by Gasteiger charge is 2.13. The number of hydrogen-bond acceptors (Lipinski definition) is 3. The summed E-state index contributed by atoms with van der Waals surface area (Å²) < 4.78 is 25.7. The highest BCUT2D eigenvalue weighted by Crippen LogP contribution is 2.37. The van der Waals surface area contributed by atoms with Gasteiger partial charge in [0, 0.05) is 12.2 Å². The number of rotatable bonds is 8. The van der Waals surface area contributed by atoms with Gasteiger partial charge in [-0.05, 0) is 77.3 Å². The third kappa shape index (κ3) is 5.49. The number of ether oxygens (including phenoxy) is 2. The Morgan fingerprint density at radius 1 is 0.964 bits per heavy atom. The molecule has 0 aliphatic rings. The summed E-state index contributed by atoms with van der Waals surface area (Å²) in [7, 11) is 0. The normalized spacial score (nSPS) is 10.6. The maximum atomic E-state index is 13.0. The Hall–Kier alpha value is -2.53. The van der Waals surface area contributed by atoms with Gasteiger partial charge in [0.15, 0.2) is 11.5 Å². The summed E-state index contributed by atoms with van der Waals surface area (Å²) in [4.78, 5) is 0. The van der Waals surface area contributed by atoms with Crippen molar-refractivity contribution in [1.29, 1.82) is 0 Å². The van der Waals surface area contributed by atoms with Crippen molar-refractivity contribution in [1.82, 2.24) is 0 Å². The van der Waals surface area contributed by atoms with E-state index in [0.717, 1.165) is 21.3 Å². The summed E-state index contributed by atoms with van der Waals surface area (Å²) in [6.45, 7) is 5.60. The molecule has 0 aliphatic carbocycles. The molecular formula is C23H23BrFNO2. The van der Waals surface area contributed by atoms with Gasteiger partial charge in [-0.1, -0.05) is 29.8 Å². The van der Waals surface area contributed by atoms with E-state index in [1.807, 2.05) is 31.2 Å². The van der Waals surface area contributed by atoms with Gasteiger partial charge in [-0.2, -0.15) is 0 Å². The molecule has 0 radical (unpaired) electrons. The van der Waals surface area contributed by atoms with Gasteiger partial charge >= 0.3 is 0 Å². The molecule has 0 aromatic heterocycles. The van der Waals surface area contributed by atoms with Gasteiger partial charge in [0.05, 0.1) is 11.1 Å². The average molecular weight is 444 g/mol. The first kappa shape index (κ1) is 20.2. The van der Waals surface area contributed by atoms with E-state index in [2.05, 4.69) is 40.3 Å². The van der Waals surface area contributed by atoms with Crippen LogP contribution in [-0.2, 0) is 13.2 Å². The van der Waals surface area contributed by atoms with Crippen molar-refractivity contribution < 1.29 is 13.9 Å². The average Bonchev–Trinajstić information content (AvgIpc) is 2.67. The lowest BCUT2D eigenvalue weighted by atomic mass is 10.1. The number of aryl methyl sites for hydroxylation is 1. The maximum absolute atomic E-state index is 13.0. The van der Waals surface area contributed by atoms with Crippen LogP contribution >= 0.6 is 15.9 Å². The summed E-state index contributed by atoms with van der Waals surface area (Å²) in [6.07, 6.45) is 0. The van der Waals surface area contributed by atoms with E-state index >= 15 is 0 Å². The molecule has 5 heteroatoms. The van der Waals surface area contributed by atoms with E-state index in [1.165, 1.54) is 17.7 Å². The Balaban J connectivity index is 1.74. The second-order valence-electron chi connectivity index (χ2n) is 6.48. The molecule has 0 aliphatic heterocycles. The number of nitrogens with one attached hydrogen (secondary N) is 1. The van der Waals surface area contributed by atoms with E-state index in [4.69, 9.17) is 9.47 Å². The third-order valence-corrected chi connectivity index (χ3v) is 4.76. The monoisotopic (exact) mass is 443 g/mol. The second-order valence-corrected chi connectivity index (χ2v) is 7.33. The van der Waals surface area contributed by atoms with Crippen LogP contribution in [0, 0.1) is 12.7 Å². The molecule has 1 N–H and O–H groups in total. The molecule has 0 unspecified atom stereocenters. The van der Waals surface area contributed by atoms with Crippen molar-refractivity contribution in [2.45, 2.75) is 27.0 Å². The Morgan fingerprint density at radius 3 is 2.46 bits per heavy atom. The fourth-order valence-corrected chi connectivity index (χ4v) is 3.46. The molecule has 0 saturated heterocycles. The predicted octanol–water partition coefficient (Wildman–Crippen LogP) is 6.49. The molecule has 0 saturated carbocycles. The van der Waals surface area contributed by atoms with E-state index in [1.54, 1.807) is 12.1 Å². The van der Waals surface area contributed by atoms with Gasteiger partial charge in [-0.25, -0.2) is 4.39 Å². The fraction of sp³-hybridized carbons (Fsp3) is 0.217. The number of halogens is 2. The second kappa shape index (κ2) is 9.60. The van der Waals surface area contributed by atoms with Crippen LogP contribution in [0.4, 0.5) is 10.1 Å². The largest absolute Gasteiger partial charge is 0.490 e. The lowest BCUT2D eigenvalue weighted by Crippen LogP contribution is -2.04. The minimum Gasteiger partial charge on any atom is -0.490 e. The lowest BCUT2D eigenvalue weighted by Gasteiger charge is -2.16. The molecule has 28 heavy (non-hydrogen) atoms. The number of anilines is 1. The smallest absolute Gasteiger partial charge is 0.175 e. The quantitative estimate of drug-likeness (QED) is 0.431. The van der Waals surface area contributed by atoms with Crippen LogP contribution < -0.4 is 14.8 Å². The van der Waals surface area contributed by atoms with Crippen LogP contribution in [0.1, 0.15) is 23.6 Å². The molecule has 0 amide bonds. The Kier molecular flexibility index (Phi) is 6.93. The highest BCUT2D eigenvalue weighted by molar-refractivity contribution is 9.10. The zero-order valence-corrected chi connectivity index (χ0v) is 17.6. The van der Waals surface area contributed by atoms with E-state index in [0.29, 0.717) is 31.3 Å². The van der Waals surface area contributed by atoms with Crippen LogP contribution in [0.25, 0.3) is 0 Å². The Bertz CT molecular complexity index is 928. The Morgan fingerprint density at radius 2 is 1.75 bits per heavy atom. The molecule has 0 spiro atoms. The van der Waals surface area contributed by atoms with E-state index in [-0.39, 0.29) is 5.82 Å². The molecule has 146 valence electrons. The van der Waals surface area contributed by atoms with Crippen LogP contribution in [0.2, 0.25) is 0 Å². The summed E-state index contributed by atoms with van der Waals surface area (Å²) in [5.41, 5.74) is 4.20. The molecule has 0 bridgehead atoms. The van der Waals surface area contributed by atoms with Gasteiger partial charge in [0.25, 0.3) is 0 Å². The minimum absolute atomic E-state index is 0.248. The van der Waals surface area contributed by atoms with E-state index in [9.17, 15) is 4.39 Å². The fourth-order valence-electron chi connectivity index (χ4n) is 2.86. The van der Waals surface area contributed by atoms with Crippen molar-refractivity contribution in [3.05, 3.63) is 87.6 Å². The summed E-state index contributed by atoms with van der Waals surface area (Å²) >= 11 is 3.61.